The lowest BCUT2D eigenvalue weighted by Crippen LogP contribution is -2.31. The highest BCUT2D eigenvalue weighted by Gasteiger charge is 2.23. The van der Waals surface area contributed by atoms with E-state index < -0.39 is 10.0 Å². The molecule has 0 fully saturated rings. The molecule has 0 aliphatic heterocycles. The second-order valence-corrected chi connectivity index (χ2v) is 5.45. The molecule has 0 atom stereocenters. The minimum absolute atomic E-state index is 0.0166. The van der Waals surface area contributed by atoms with Gasteiger partial charge in [-0.1, -0.05) is 5.16 Å². The molecule has 0 unspecified atom stereocenters. The van der Waals surface area contributed by atoms with E-state index in [-0.39, 0.29) is 23.8 Å². The van der Waals surface area contributed by atoms with Gasteiger partial charge in [-0.15, -0.1) is 0 Å². The Morgan fingerprint density at radius 2 is 2.35 bits per heavy atom. The van der Waals surface area contributed by atoms with Crippen LogP contribution in [0.5, 0.6) is 0 Å². The van der Waals surface area contributed by atoms with Crippen molar-refractivity contribution in [3.63, 3.8) is 0 Å². The van der Waals surface area contributed by atoms with Crippen LogP contribution in [0, 0.1) is 0 Å². The SMILES string of the molecule is CN(CCC(N)=NO)S(=O)(=O)c1ccnn1C. The molecule has 0 amide bonds. The molecule has 0 aliphatic carbocycles. The number of hydrogen-bond acceptors (Lipinski definition) is 5. The Labute approximate surface area is 99.4 Å². The zero-order chi connectivity index (χ0) is 13.1. The monoisotopic (exact) mass is 261 g/mol. The van der Waals surface area contributed by atoms with Crippen molar-refractivity contribution in [3.05, 3.63) is 12.3 Å². The van der Waals surface area contributed by atoms with E-state index >= 15 is 0 Å². The van der Waals surface area contributed by atoms with Crippen molar-refractivity contribution in [3.8, 4) is 0 Å². The van der Waals surface area contributed by atoms with Gasteiger partial charge in [0.15, 0.2) is 5.03 Å². The number of nitrogens with zero attached hydrogens (tertiary/aromatic N) is 4. The molecule has 1 aromatic rings. The molecule has 0 spiro atoms. The molecule has 0 aromatic carbocycles. The molecule has 9 heteroatoms. The number of sulfonamides is 1. The summed E-state index contributed by atoms with van der Waals surface area (Å²) in [5.41, 5.74) is 5.27. The lowest BCUT2D eigenvalue weighted by atomic mass is 10.4. The van der Waals surface area contributed by atoms with Gasteiger partial charge < -0.3 is 10.9 Å². The summed E-state index contributed by atoms with van der Waals surface area (Å²) < 4.78 is 26.5. The largest absolute Gasteiger partial charge is 0.409 e. The van der Waals surface area contributed by atoms with Crippen molar-refractivity contribution < 1.29 is 13.6 Å². The lowest BCUT2D eigenvalue weighted by molar-refractivity contribution is 0.316. The summed E-state index contributed by atoms with van der Waals surface area (Å²) in [7, 11) is -0.619. The average Bonchev–Trinajstić information content (AvgIpc) is 2.72. The molecule has 1 heterocycles. The smallest absolute Gasteiger partial charge is 0.259 e. The first-order valence-corrected chi connectivity index (χ1v) is 6.24. The molecule has 0 saturated heterocycles. The second kappa shape index (κ2) is 5.15. The molecular formula is C8H15N5O3S. The maximum Gasteiger partial charge on any atom is 0.259 e. The first-order chi connectivity index (χ1) is 7.89. The first kappa shape index (κ1) is 13.5. The van der Waals surface area contributed by atoms with Gasteiger partial charge in [0.05, 0.1) is 6.20 Å². The van der Waals surface area contributed by atoms with E-state index in [0.717, 1.165) is 4.31 Å². The van der Waals surface area contributed by atoms with Gasteiger partial charge in [0, 0.05) is 27.1 Å². The van der Waals surface area contributed by atoms with Gasteiger partial charge in [-0.25, -0.2) is 8.42 Å². The summed E-state index contributed by atoms with van der Waals surface area (Å²) in [6.45, 7) is 0.128. The second-order valence-electron chi connectivity index (χ2n) is 3.46. The van der Waals surface area contributed by atoms with Crippen LogP contribution in [0.15, 0.2) is 22.4 Å². The molecule has 0 aliphatic rings. The van der Waals surface area contributed by atoms with Crippen molar-refractivity contribution in [1.29, 1.82) is 0 Å². The third-order valence-electron chi connectivity index (χ3n) is 2.26. The molecule has 0 bridgehead atoms. The predicted molar refractivity (Wildman–Crippen MR) is 61.0 cm³/mol. The van der Waals surface area contributed by atoms with E-state index in [1.807, 2.05) is 0 Å². The fourth-order valence-corrected chi connectivity index (χ4v) is 2.48. The van der Waals surface area contributed by atoms with E-state index in [0.29, 0.717) is 0 Å². The Balaban J connectivity index is 2.82. The Kier molecular flexibility index (Phi) is 4.07. The van der Waals surface area contributed by atoms with Gasteiger partial charge in [0.2, 0.25) is 0 Å². The highest BCUT2D eigenvalue weighted by Crippen LogP contribution is 2.12. The number of amidine groups is 1. The maximum atomic E-state index is 12.0. The van der Waals surface area contributed by atoms with Crippen LogP contribution in [-0.4, -0.2) is 47.1 Å². The molecule has 3 N–H and O–H groups in total. The molecule has 1 rings (SSSR count). The van der Waals surface area contributed by atoms with Gasteiger partial charge in [-0.3, -0.25) is 4.68 Å². The van der Waals surface area contributed by atoms with E-state index in [9.17, 15) is 8.42 Å². The highest BCUT2D eigenvalue weighted by molar-refractivity contribution is 7.89. The molecule has 17 heavy (non-hydrogen) atoms. The van der Waals surface area contributed by atoms with Crippen molar-refractivity contribution in [2.45, 2.75) is 11.4 Å². The van der Waals surface area contributed by atoms with Gasteiger partial charge in [0.25, 0.3) is 10.0 Å². The summed E-state index contributed by atoms with van der Waals surface area (Å²) in [6.07, 6.45) is 1.56. The number of hydrogen-bond donors (Lipinski definition) is 2. The molecule has 0 saturated carbocycles. The van der Waals surface area contributed by atoms with Gasteiger partial charge in [-0.05, 0) is 6.07 Å². The highest BCUT2D eigenvalue weighted by atomic mass is 32.2. The number of aryl methyl sites for hydroxylation is 1. The van der Waals surface area contributed by atoms with E-state index in [2.05, 4.69) is 10.3 Å². The number of aromatic nitrogens is 2. The van der Waals surface area contributed by atoms with Gasteiger partial charge in [0.1, 0.15) is 5.84 Å². The number of nitrogens with two attached hydrogens (primary N) is 1. The minimum Gasteiger partial charge on any atom is -0.409 e. The molecule has 1 aromatic heterocycles. The number of rotatable bonds is 5. The minimum atomic E-state index is -3.59. The van der Waals surface area contributed by atoms with Crippen LogP contribution in [0.4, 0.5) is 0 Å². The van der Waals surface area contributed by atoms with Crippen molar-refractivity contribution in [2.75, 3.05) is 13.6 Å². The van der Waals surface area contributed by atoms with Crippen LogP contribution in [0.1, 0.15) is 6.42 Å². The van der Waals surface area contributed by atoms with E-state index in [1.54, 1.807) is 7.05 Å². The molecule has 96 valence electrons. The Morgan fingerprint density at radius 3 is 2.82 bits per heavy atom. The van der Waals surface area contributed by atoms with Crippen LogP contribution < -0.4 is 5.73 Å². The Hall–Kier alpha value is -1.61. The molecular weight excluding hydrogens is 246 g/mol. The van der Waals surface area contributed by atoms with Gasteiger partial charge >= 0.3 is 0 Å². The fraction of sp³-hybridized carbons (Fsp3) is 0.500. The third kappa shape index (κ3) is 2.94. The first-order valence-electron chi connectivity index (χ1n) is 4.80. The quantitative estimate of drug-likeness (QED) is 0.311. The summed E-state index contributed by atoms with van der Waals surface area (Å²) in [6, 6.07) is 1.41. The molecule has 8 nitrogen and oxygen atoms in total. The summed E-state index contributed by atoms with van der Waals surface area (Å²) >= 11 is 0. The van der Waals surface area contributed by atoms with Crippen molar-refractivity contribution in [1.82, 2.24) is 14.1 Å². The van der Waals surface area contributed by atoms with Crippen LogP contribution >= 0.6 is 0 Å². The molecule has 0 radical (unpaired) electrons. The van der Waals surface area contributed by atoms with Crippen LogP contribution in [-0.2, 0) is 17.1 Å². The number of oxime groups is 1. The third-order valence-corrected chi connectivity index (χ3v) is 4.19. The van der Waals surface area contributed by atoms with E-state index in [4.69, 9.17) is 10.9 Å². The lowest BCUT2D eigenvalue weighted by Gasteiger charge is -2.16. The summed E-state index contributed by atoms with van der Waals surface area (Å²) in [5.74, 6) is -0.0166. The van der Waals surface area contributed by atoms with Crippen LogP contribution in [0.25, 0.3) is 0 Å². The predicted octanol–water partition coefficient (Wildman–Crippen LogP) is -0.823. The standard InChI is InChI=1S/C8H15N5O3S/c1-12(6-4-7(9)11-14)17(15,16)8-3-5-10-13(8)2/h3,5,14H,4,6H2,1-2H3,(H2,9,11). The average molecular weight is 261 g/mol. The van der Waals surface area contributed by atoms with E-state index in [1.165, 1.54) is 24.0 Å². The van der Waals surface area contributed by atoms with Gasteiger partial charge in [-0.2, -0.15) is 9.40 Å². The zero-order valence-corrected chi connectivity index (χ0v) is 10.4. The topological polar surface area (TPSA) is 114 Å². The summed E-state index contributed by atoms with van der Waals surface area (Å²) in [4.78, 5) is 0. The van der Waals surface area contributed by atoms with Crippen LogP contribution in [0.2, 0.25) is 0 Å². The fourth-order valence-electron chi connectivity index (χ4n) is 1.22. The van der Waals surface area contributed by atoms with Crippen LogP contribution in [0.3, 0.4) is 0 Å². The zero-order valence-electron chi connectivity index (χ0n) is 9.61. The summed E-state index contributed by atoms with van der Waals surface area (Å²) in [5, 5.41) is 15.0. The Bertz CT molecular complexity index is 507. The Morgan fingerprint density at radius 1 is 1.71 bits per heavy atom. The van der Waals surface area contributed by atoms with Crippen molar-refractivity contribution >= 4 is 15.9 Å². The maximum absolute atomic E-state index is 12.0. The normalized spacial score (nSPS) is 13.2. The van der Waals surface area contributed by atoms with Crippen molar-refractivity contribution in [2.24, 2.45) is 17.9 Å².